The Balaban J connectivity index is 2.18. The molecule has 1 aliphatic rings. The number of nitrogens with zero attached hydrogens (tertiary/aromatic N) is 1. The van der Waals surface area contributed by atoms with Crippen LogP contribution in [0.1, 0.15) is 37.6 Å². The van der Waals surface area contributed by atoms with Crippen molar-refractivity contribution in [3.63, 3.8) is 0 Å². The maximum Gasteiger partial charge on any atom is 0.100 e. The highest BCUT2D eigenvalue weighted by Gasteiger charge is 2.24. The summed E-state index contributed by atoms with van der Waals surface area (Å²) in [6, 6.07) is 4.14. The topological polar surface area (TPSA) is 22.1 Å². The molecular weight excluding hydrogens is 162 g/mol. The minimum Gasteiger partial charge on any atom is -0.369 e. The minimum atomic E-state index is 0.233. The first kappa shape index (κ1) is 8.70. The van der Waals surface area contributed by atoms with Crippen LogP contribution in [0.4, 0.5) is 0 Å². The summed E-state index contributed by atoms with van der Waals surface area (Å²) >= 11 is 0. The zero-order chi connectivity index (χ0) is 9.26. The van der Waals surface area contributed by atoms with Crippen molar-refractivity contribution < 1.29 is 4.74 Å². The Kier molecular flexibility index (Phi) is 2.32. The predicted octanol–water partition coefficient (Wildman–Crippen LogP) is 2.49. The number of fused-ring (bicyclic) bond motifs is 1. The number of rotatable bonds is 2. The van der Waals surface area contributed by atoms with Crippen LogP contribution in [0, 0.1) is 0 Å². The summed E-state index contributed by atoms with van der Waals surface area (Å²) < 4.78 is 5.78. The number of hydrogen-bond acceptors (Lipinski definition) is 2. The molecule has 0 spiro atoms. The Hall–Kier alpha value is -0.890. The van der Waals surface area contributed by atoms with Gasteiger partial charge in [0, 0.05) is 6.20 Å². The van der Waals surface area contributed by atoms with Gasteiger partial charge in [0.05, 0.1) is 11.8 Å². The Morgan fingerprint density at radius 3 is 3.15 bits per heavy atom. The van der Waals surface area contributed by atoms with Gasteiger partial charge in [-0.05, 0) is 38.3 Å². The Morgan fingerprint density at radius 1 is 1.54 bits per heavy atom. The van der Waals surface area contributed by atoms with E-state index in [0.717, 1.165) is 18.5 Å². The second-order valence-electron chi connectivity index (χ2n) is 3.76. The summed E-state index contributed by atoms with van der Waals surface area (Å²) in [6.07, 6.45) is 4.57. The van der Waals surface area contributed by atoms with Gasteiger partial charge in [-0.25, -0.2) is 0 Å². The third kappa shape index (κ3) is 1.73. The molecule has 2 heteroatoms. The summed E-state index contributed by atoms with van der Waals surface area (Å²) in [4.78, 5) is 4.37. The van der Waals surface area contributed by atoms with Crippen LogP contribution in [0.15, 0.2) is 18.3 Å². The third-order valence-corrected chi connectivity index (χ3v) is 2.34. The van der Waals surface area contributed by atoms with Crippen LogP contribution in [0.25, 0.3) is 0 Å². The normalized spacial score (nSPS) is 20.7. The van der Waals surface area contributed by atoms with Crippen molar-refractivity contribution in [3.8, 4) is 0 Å². The lowest BCUT2D eigenvalue weighted by atomic mass is 10.2. The largest absolute Gasteiger partial charge is 0.369 e. The molecule has 13 heavy (non-hydrogen) atoms. The van der Waals surface area contributed by atoms with E-state index in [-0.39, 0.29) is 12.2 Å². The number of hydrogen-bond donors (Lipinski definition) is 0. The van der Waals surface area contributed by atoms with E-state index < -0.39 is 0 Å². The molecule has 1 aromatic rings. The molecule has 0 bridgehead atoms. The van der Waals surface area contributed by atoms with E-state index in [1.165, 1.54) is 5.56 Å². The molecule has 0 aliphatic heterocycles. The van der Waals surface area contributed by atoms with Crippen molar-refractivity contribution in [2.45, 2.75) is 38.9 Å². The maximum absolute atomic E-state index is 5.78. The lowest BCUT2D eigenvalue weighted by Gasteiger charge is -2.14. The van der Waals surface area contributed by atoms with E-state index in [2.05, 4.69) is 24.9 Å². The molecule has 1 atom stereocenters. The van der Waals surface area contributed by atoms with Gasteiger partial charge < -0.3 is 4.74 Å². The summed E-state index contributed by atoms with van der Waals surface area (Å²) in [5.74, 6) is 0. The van der Waals surface area contributed by atoms with Gasteiger partial charge in [0.2, 0.25) is 0 Å². The number of aryl methyl sites for hydroxylation is 1. The molecule has 70 valence electrons. The zero-order valence-corrected chi connectivity index (χ0v) is 8.16. The molecule has 2 rings (SSSR count). The second kappa shape index (κ2) is 3.46. The molecular formula is C11H15NO. The summed E-state index contributed by atoms with van der Waals surface area (Å²) in [7, 11) is 0. The fourth-order valence-electron chi connectivity index (χ4n) is 1.84. The Bertz CT molecular complexity index is 296. The average Bonchev–Trinajstić information content (AvgIpc) is 2.48. The highest BCUT2D eigenvalue weighted by Crippen LogP contribution is 2.32. The van der Waals surface area contributed by atoms with Crippen LogP contribution in [0.2, 0.25) is 0 Å². The standard InChI is InChI=1S/C11H15NO/c1-8(2)13-10-6-5-9-4-3-7-12-11(9)10/h3-4,7-8,10H,5-6H2,1-2H3. The lowest BCUT2D eigenvalue weighted by molar-refractivity contribution is 0.00573. The van der Waals surface area contributed by atoms with Crippen molar-refractivity contribution in [1.82, 2.24) is 4.98 Å². The molecule has 0 aromatic carbocycles. The quantitative estimate of drug-likeness (QED) is 0.692. The molecule has 0 N–H and O–H groups in total. The Labute approximate surface area is 78.9 Å². The highest BCUT2D eigenvalue weighted by atomic mass is 16.5. The van der Waals surface area contributed by atoms with Gasteiger partial charge in [-0.15, -0.1) is 0 Å². The van der Waals surface area contributed by atoms with Crippen molar-refractivity contribution >= 4 is 0 Å². The van der Waals surface area contributed by atoms with Crippen molar-refractivity contribution in [3.05, 3.63) is 29.6 Å². The Morgan fingerprint density at radius 2 is 2.38 bits per heavy atom. The first-order chi connectivity index (χ1) is 6.27. The molecule has 1 aliphatic carbocycles. The maximum atomic E-state index is 5.78. The van der Waals surface area contributed by atoms with Crippen molar-refractivity contribution in [2.24, 2.45) is 0 Å². The van der Waals surface area contributed by atoms with Crippen LogP contribution in [-0.4, -0.2) is 11.1 Å². The van der Waals surface area contributed by atoms with Crippen LogP contribution >= 0.6 is 0 Å². The highest BCUT2D eigenvalue weighted by molar-refractivity contribution is 5.26. The molecule has 1 unspecified atom stereocenters. The predicted molar refractivity (Wildman–Crippen MR) is 51.5 cm³/mol. The average molecular weight is 177 g/mol. The summed E-state index contributed by atoms with van der Waals surface area (Å²) in [5.41, 5.74) is 2.50. The van der Waals surface area contributed by atoms with Gasteiger partial charge in [0.1, 0.15) is 6.10 Å². The van der Waals surface area contributed by atoms with Crippen LogP contribution < -0.4 is 0 Å². The van der Waals surface area contributed by atoms with Gasteiger partial charge in [0.15, 0.2) is 0 Å². The van der Waals surface area contributed by atoms with E-state index in [1.54, 1.807) is 0 Å². The van der Waals surface area contributed by atoms with Gasteiger partial charge in [0.25, 0.3) is 0 Å². The number of aromatic nitrogens is 1. The lowest BCUT2D eigenvalue weighted by Crippen LogP contribution is -2.08. The van der Waals surface area contributed by atoms with Gasteiger partial charge in [-0.2, -0.15) is 0 Å². The smallest absolute Gasteiger partial charge is 0.100 e. The van der Waals surface area contributed by atoms with Gasteiger partial charge >= 0.3 is 0 Å². The molecule has 0 saturated heterocycles. The molecule has 0 radical (unpaired) electrons. The van der Waals surface area contributed by atoms with E-state index in [1.807, 2.05) is 12.3 Å². The zero-order valence-electron chi connectivity index (χ0n) is 8.16. The first-order valence-corrected chi connectivity index (χ1v) is 4.86. The minimum absolute atomic E-state index is 0.233. The van der Waals surface area contributed by atoms with Gasteiger partial charge in [-0.1, -0.05) is 6.07 Å². The molecule has 2 nitrogen and oxygen atoms in total. The number of pyridine rings is 1. The van der Waals surface area contributed by atoms with Gasteiger partial charge in [-0.3, -0.25) is 4.98 Å². The van der Waals surface area contributed by atoms with E-state index >= 15 is 0 Å². The monoisotopic (exact) mass is 177 g/mol. The fourth-order valence-corrected chi connectivity index (χ4v) is 1.84. The fraction of sp³-hybridized carbons (Fsp3) is 0.545. The van der Waals surface area contributed by atoms with Crippen LogP contribution in [0.3, 0.4) is 0 Å². The second-order valence-corrected chi connectivity index (χ2v) is 3.76. The van der Waals surface area contributed by atoms with Crippen molar-refractivity contribution in [2.75, 3.05) is 0 Å². The summed E-state index contributed by atoms with van der Waals surface area (Å²) in [6.45, 7) is 4.14. The molecule has 0 fully saturated rings. The van der Waals surface area contributed by atoms with E-state index in [9.17, 15) is 0 Å². The first-order valence-electron chi connectivity index (χ1n) is 4.86. The van der Waals surface area contributed by atoms with Crippen LogP contribution in [-0.2, 0) is 11.2 Å². The van der Waals surface area contributed by atoms with Crippen LogP contribution in [0.5, 0.6) is 0 Å². The molecule has 0 amide bonds. The van der Waals surface area contributed by atoms with E-state index in [4.69, 9.17) is 4.74 Å². The number of ether oxygens (including phenoxy) is 1. The summed E-state index contributed by atoms with van der Waals surface area (Å²) in [5, 5.41) is 0. The van der Waals surface area contributed by atoms with E-state index in [0.29, 0.717) is 0 Å². The molecule has 1 heterocycles. The van der Waals surface area contributed by atoms with Crippen molar-refractivity contribution in [1.29, 1.82) is 0 Å². The molecule has 0 saturated carbocycles. The molecule has 1 aromatic heterocycles. The SMILES string of the molecule is CC(C)OC1CCc2cccnc21. The third-order valence-electron chi connectivity index (χ3n) is 2.34.